The number of aromatic nitrogens is 1. The predicted octanol–water partition coefficient (Wildman–Crippen LogP) is 3.94. The van der Waals surface area contributed by atoms with Crippen LogP contribution in [0.2, 0.25) is 0 Å². The van der Waals surface area contributed by atoms with Gasteiger partial charge in [-0.3, -0.25) is 14.4 Å². The lowest BCUT2D eigenvalue weighted by Gasteiger charge is -2.18. The number of ketones is 1. The normalized spacial score (nSPS) is 14.4. The van der Waals surface area contributed by atoms with E-state index >= 15 is 0 Å². The van der Waals surface area contributed by atoms with Gasteiger partial charge < -0.3 is 15.4 Å². The summed E-state index contributed by atoms with van der Waals surface area (Å²) in [6, 6.07) is 12.8. The number of hydrogen-bond donors (Lipinski definition) is 3. The molecule has 0 radical (unpaired) electrons. The molecule has 0 unspecified atom stereocenters. The van der Waals surface area contributed by atoms with Crippen molar-refractivity contribution in [1.29, 1.82) is 0 Å². The van der Waals surface area contributed by atoms with Crippen molar-refractivity contribution in [1.82, 2.24) is 10.3 Å². The Balaban J connectivity index is 1.65. The Morgan fingerprint density at radius 3 is 2.62 bits per heavy atom. The van der Waals surface area contributed by atoms with E-state index in [-0.39, 0.29) is 12.2 Å². The van der Waals surface area contributed by atoms with Gasteiger partial charge in [0.05, 0.1) is 12.5 Å². The molecule has 1 heterocycles. The summed E-state index contributed by atoms with van der Waals surface area (Å²) in [5.74, 6) is -1.35. The number of benzene rings is 2. The highest BCUT2D eigenvalue weighted by Gasteiger charge is 2.28. The molecule has 3 N–H and O–H groups in total. The van der Waals surface area contributed by atoms with Crippen LogP contribution in [0.5, 0.6) is 0 Å². The van der Waals surface area contributed by atoms with Gasteiger partial charge in [0, 0.05) is 17.7 Å². The molecule has 1 aromatic heterocycles. The molecular weight excluding hydrogens is 368 g/mol. The maximum Gasteiger partial charge on any atom is 0.305 e. The number of carbonyl (C=O) groups excluding carboxylic acids is 2. The predicted molar refractivity (Wildman–Crippen MR) is 109 cm³/mol. The Labute approximate surface area is 167 Å². The van der Waals surface area contributed by atoms with E-state index in [9.17, 15) is 19.5 Å². The number of carboxylic acid groups (broad SMARTS) is 1. The summed E-state index contributed by atoms with van der Waals surface area (Å²) in [5.41, 5.74) is 3.10. The molecule has 0 saturated carbocycles. The van der Waals surface area contributed by atoms with Crippen LogP contribution in [0.3, 0.4) is 0 Å². The summed E-state index contributed by atoms with van der Waals surface area (Å²) >= 11 is 0. The average Bonchev–Trinajstić information content (AvgIpc) is 3.04. The molecule has 29 heavy (non-hydrogen) atoms. The molecular formula is C23H22N2O4. The molecule has 1 aliphatic rings. The Hall–Kier alpha value is -3.41. The van der Waals surface area contributed by atoms with Gasteiger partial charge in [0.15, 0.2) is 5.78 Å². The molecule has 0 aliphatic heterocycles. The van der Waals surface area contributed by atoms with Crippen molar-refractivity contribution in [2.75, 3.05) is 0 Å². The van der Waals surface area contributed by atoms with Crippen LogP contribution in [-0.2, 0) is 11.2 Å². The molecule has 1 atom stereocenters. The number of carbonyl (C=O) groups is 3. The lowest BCUT2D eigenvalue weighted by Crippen LogP contribution is -2.31. The highest BCUT2D eigenvalue weighted by Crippen LogP contribution is 2.28. The molecule has 148 valence electrons. The van der Waals surface area contributed by atoms with Crippen LogP contribution in [-0.4, -0.2) is 27.8 Å². The second-order valence-corrected chi connectivity index (χ2v) is 7.49. The second kappa shape index (κ2) is 7.54. The van der Waals surface area contributed by atoms with E-state index in [2.05, 4.69) is 10.3 Å². The van der Waals surface area contributed by atoms with Crippen molar-refractivity contribution < 1.29 is 19.5 Å². The van der Waals surface area contributed by atoms with Crippen molar-refractivity contribution in [3.05, 3.63) is 70.5 Å². The van der Waals surface area contributed by atoms with Crippen molar-refractivity contribution >= 4 is 28.4 Å². The molecule has 3 aromatic rings. The first-order valence-corrected chi connectivity index (χ1v) is 9.70. The number of aromatic amines is 1. The van der Waals surface area contributed by atoms with E-state index in [0.29, 0.717) is 23.2 Å². The minimum Gasteiger partial charge on any atom is -0.481 e. The van der Waals surface area contributed by atoms with Gasteiger partial charge >= 0.3 is 5.97 Å². The summed E-state index contributed by atoms with van der Waals surface area (Å²) in [4.78, 5) is 39.7. The van der Waals surface area contributed by atoms with Gasteiger partial charge in [-0.2, -0.15) is 0 Å². The SMILES string of the molecule is Cc1c(C(=O)N[C@@H](CC(=O)O)c2ccc3ccccc3c2)[nH]c2c1C(=O)CCC2. The second-order valence-electron chi connectivity index (χ2n) is 7.49. The lowest BCUT2D eigenvalue weighted by atomic mass is 9.93. The van der Waals surface area contributed by atoms with Crippen LogP contribution in [0, 0.1) is 6.92 Å². The zero-order valence-corrected chi connectivity index (χ0v) is 16.1. The van der Waals surface area contributed by atoms with Gasteiger partial charge in [-0.05, 0) is 47.7 Å². The molecule has 6 nitrogen and oxygen atoms in total. The fourth-order valence-electron chi connectivity index (χ4n) is 4.08. The number of nitrogens with one attached hydrogen (secondary N) is 2. The number of Topliss-reactive ketones (excluding diaryl/α,β-unsaturated/α-hetero) is 1. The van der Waals surface area contributed by atoms with Crippen LogP contribution < -0.4 is 5.32 Å². The number of hydrogen-bond acceptors (Lipinski definition) is 3. The Morgan fingerprint density at radius 1 is 1.14 bits per heavy atom. The van der Waals surface area contributed by atoms with Gasteiger partial charge in [0.1, 0.15) is 5.69 Å². The maximum atomic E-state index is 13.0. The standard InChI is InChI=1S/C23H22N2O4/c1-13-21-17(7-4-8-19(21)26)24-22(13)23(29)25-18(12-20(27)28)16-10-9-14-5-2-3-6-15(14)11-16/h2-3,5-6,9-11,18,24H,4,7-8,12H2,1H3,(H,25,29)(H,27,28)/t18-/m0/s1. The summed E-state index contributed by atoms with van der Waals surface area (Å²) in [6.45, 7) is 1.76. The summed E-state index contributed by atoms with van der Waals surface area (Å²) in [6.07, 6.45) is 1.76. The zero-order valence-electron chi connectivity index (χ0n) is 16.1. The Bertz CT molecular complexity index is 1130. The zero-order chi connectivity index (χ0) is 20.5. The van der Waals surface area contributed by atoms with Crippen LogP contribution in [0.15, 0.2) is 42.5 Å². The first-order chi connectivity index (χ1) is 13.9. The molecule has 1 aliphatic carbocycles. The third-order valence-corrected chi connectivity index (χ3v) is 5.52. The number of fused-ring (bicyclic) bond motifs is 2. The minimum absolute atomic E-state index is 0.0515. The number of aryl methyl sites for hydroxylation is 1. The third kappa shape index (κ3) is 3.66. The highest BCUT2D eigenvalue weighted by molar-refractivity contribution is 6.04. The number of amides is 1. The number of carboxylic acids is 1. The van der Waals surface area contributed by atoms with Crippen LogP contribution in [0.25, 0.3) is 10.8 Å². The number of rotatable bonds is 5. The number of H-pyrrole nitrogens is 1. The smallest absolute Gasteiger partial charge is 0.305 e. The molecule has 0 saturated heterocycles. The molecule has 0 bridgehead atoms. The molecule has 0 spiro atoms. The quantitative estimate of drug-likeness (QED) is 0.614. The van der Waals surface area contributed by atoms with E-state index < -0.39 is 17.9 Å². The van der Waals surface area contributed by atoms with E-state index in [1.54, 1.807) is 6.92 Å². The Morgan fingerprint density at radius 2 is 1.90 bits per heavy atom. The van der Waals surface area contributed by atoms with Gasteiger partial charge in [-0.15, -0.1) is 0 Å². The van der Waals surface area contributed by atoms with E-state index in [4.69, 9.17) is 0 Å². The summed E-state index contributed by atoms with van der Waals surface area (Å²) < 4.78 is 0. The molecule has 6 heteroatoms. The fourth-order valence-corrected chi connectivity index (χ4v) is 4.08. The van der Waals surface area contributed by atoms with Gasteiger partial charge in [-0.25, -0.2) is 0 Å². The summed E-state index contributed by atoms with van der Waals surface area (Å²) in [7, 11) is 0. The highest BCUT2D eigenvalue weighted by atomic mass is 16.4. The van der Waals surface area contributed by atoms with Crippen molar-refractivity contribution in [3.63, 3.8) is 0 Å². The van der Waals surface area contributed by atoms with Gasteiger partial charge in [0.25, 0.3) is 5.91 Å². The fraction of sp³-hybridized carbons (Fsp3) is 0.261. The van der Waals surface area contributed by atoms with Crippen molar-refractivity contribution in [2.45, 2.75) is 38.6 Å². The van der Waals surface area contributed by atoms with Crippen molar-refractivity contribution in [2.24, 2.45) is 0 Å². The van der Waals surface area contributed by atoms with Gasteiger partial charge in [0.2, 0.25) is 0 Å². The monoisotopic (exact) mass is 390 g/mol. The third-order valence-electron chi connectivity index (χ3n) is 5.52. The van der Waals surface area contributed by atoms with Gasteiger partial charge in [-0.1, -0.05) is 36.4 Å². The first-order valence-electron chi connectivity index (χ1n) is 9.70. The van der Waals surface area contributed by atoms with E-state index in [1.165, 1.54) is 0 Å². The topological polar surface area (TPSA) is 99.3 Å². The van der Waals surface area contributed by atoms with Crippen LogP contribution in [0.4, 0.5) is 0 Å². The minimum atomic E-state index is -0.999. The van der Waals surface area contributed by atoms with Crippen LogP contribution >= 0.6 is 0 Å². The van der Waals surface area contributed by atoms with Crippen molar-refractivity contribution in [3.8, 4) is 0 Å². The summed E-state index contributed by atoms with van der Waals surface area (Å²) in [5, 5.41) is 14.2. The maximum absolute atomic E-state index is 13.0. The molecule has 1 amide bonds. The Kier molecular flexibility index (Phi) is 4.92. The molecule has 2 aromatic carbocycles. The van der Waals surface area contributed by atoms with Crippen LogP contribution in [0.1, 0.15) is 63.0 Å². The first kappa shape index (κ1) is 18.9. The largest absolute Gasteiger partial charge is 0.481 e. The van der Waals surface area contributed by atoms with E-state index in [1.807, 2.05) is 42.5 Å². The lowest BCUT2D eigenvalue weighted by molar-refractivity contribution is -0.137. The molecule has 0 fully saturated rings. The average molecular weight is 390 g/mol. The van der Waals surface area contributed by atoms with E-state index in [0.717, 1.165) is 34.9 Å². The molecule has 4 rings (SSSR count). The number of aliphatic carboxylic acids is 1.